The third-order valence-corrected chi connectivity index (χ3v) is 3.28. The van der Waals surface area contributed by atoms with Crippen molar-refractivity contribution in [3.05, 3.63) is 22.7 Å². The van der Waals surface area contributed by atoms with Gasteiger partial charge in [0.05, 0.1) is 17.9 Å². The van der Waals surface area contributed by atoms with Crippen LogP contribution in [0.4, 0.5) is 11.4 Å². The topological polar surface area (TPSA) is 58.4 Å². The number of fused-ring (bicyclic) bond motifs is 1. The molecule has 2 rings (SSSR count). The number of halogens is 1. The summed E-state index contributed by atoms with van der Waals surface area (Å²) in [5, 5.41) is 3.11. The number of nitrogens with zero attached hydrogens (tertiary/aromatic N) is 1. The molecule has 0 aromatic heterocycles. The van der Waals surface area contributed by atoms with Crippen LogP contribution < -0.4 is 16.0 Å². The minimum atomic E-state index is 0.0938. The Morgan fingerprint density at radius 2 is 2.35 bits per heavy atom. The van der Waals surface area contributed by atoms with Gasteiger partial charge in [-0.3, -0.25) is 4.79 Å². The molecule has 3 N–H and O–H groups in total. The zero-order chi connectivity index (χ0) is 12.4. The Morgan fingerprint density at radius 3 is 3.06 bits per heavy atom. The van der Waals surface area contributed by atoms with E-state index in [0.29, 0.717) is 13.1 Å². The van der Waals surface area contributed by atoms with E-state index in [2.05, 4.69) is 21.2 Å². The van der Waals surface area contributed by atoms with E-state index in [9.17, 15) is 4.79 Å². The highest BCUT2D eigenvalue weighted by Gasteiger charge is 2.23. The maximum Gasteiger partial charge on any atom is 0.246 e. The van der Waals surface area contributed by atoms with Crippen LogP contribution in [0.2, 0.25) is 0 Å². The van der Waals surface area contributed by atoms with Gasteiger partial charge >= 0.3 is 0 Å². The number of carbonyl (C=O) groups excluding carboxylic acids is 1. The molecule has 17 heavy (non-hydrogen) atoms. The highest BCUT2D eigenvalue weighted by Crippen LogP contribution is 2.32. The SMILES string of the molecule is CC(N)CCN1C(=O)CNc2ccc(Br)cc21. The fourth-order valence-electron chi connectivity index (χ4n) is 1.86. The van der Waals surface area contributed by atoms with Gasteiger partial charge in [-0.25, -0.2) is 0 Å². The average Bonchev–Trinajstić information content (AvgIpc) is 2.27. The van der Waals surface area contributed by atoms with Crippen molar-refractivity contribution in [1.29, 1.82) is 0 Å². The van der Waals surface area contributed by atoms with E-state index < -0.39 is 0 Å². The lowest BCUT2D eigenvalue weighted by molar-refractivity contribution is -0.117. The van der Waals surface area contributed by atoms with E-state index in [-0.39, 0.29) is 11.9 Å². The first-order valence-electron chi connectivity index (χ1n) is 5.67. The summed E-state index contributed by atoms with van der Waals surface area (Å²) in [6.07, 6.45) is 0.803. The van der Waals surface area contributed by atoms with Crippen molar-refractivity contribution in [3.63, 3.8) is 0 Å². The van der Waals surface area contributed by atoms with Gasteiger partial charge in [0.1, 0.15) is 0 Å². The largest absolute Gasteiger partial charge is 0.374 e. The van der Waals surface area contributed by atoms with Crippen LogP contribution in [0, 0.1) is 0 Å². The molecule has 92 valence electrons. The Kier molecular flexibility index (Phi) is 3.69. The summed E-state index contributed by atoms with van der Waals surface area (Å²) < 4.78 is 0.971. The molecular formula is C12H16BrN3O. The standard InChI is InChI=1S/C12H16BrN3O/c1-8(14)4-5-16-11-6-9(13)2-3-10(11)15-7-12(16)17/h2-3,6,8,15H,4-5,7,14H2,1H3. The molecule has 1 aliphatic heterocycles. The van der Waals surface area contributed by atoms with Crippen LogP contribution in [-0.4, -0.2) is 25.0 Å². The normalized spacial score (nSPS) is 16.4. The van der Waals surface area contributed by atoms with Crippen molar-refractivity contribution in [3.8, 4) is 0 Å². The highest BCUT2D eigenvalue weighted by atomic mass is 79.9. The summed E-state index contributed by atoms with van der Waals surface area (Å²) in [4.78, 5) is 13.7. The lowest BCUT2D eigenvalue weighted by Gasteiger charge is -2.30. The summed E-state index contributed by atoms with van der Waals surface area (Å²) in [5.74, 6) is 0.0938. The fourth-order valence-corrected chi connectivity index (χ4v) is 2.21. The fraction of sp³-hybridized carbons (Fsp3) is 0.417. The maximum atomic E-state index is 11.9. The predicted molar refractivity (Wildman–Crippen MR) is 73.3 cm³/mol. The second-order valence-electron chi connectivity index (χ2n) is 4.33. The molecule has 1 aromatic carbocycles. The molecule has 0 spiro atoms. The van der Waals surface area contributed by atoms with Gasteiger partial charge in [-0.1, -0.05) is 15.9 Å². The van der Waals surface area contributed by atoms with Crippen molar-refractivity contribution in [2.75, 3.05) is 23.3 Å². The van der Waals surface area contributed by atoms with Crippen LogP contribution in [0.1, 0.15) is 13.3 Å². The summed E-state index contributed by atoms with van der Waals surface area (Å²) >= 11 is 3.43. The van der Waals surface area contributed by atoms with E-state index in [1.807, 2.05) is 25.1 Å². The number of hydrogen-bond acceptors (Lipinski definition) is 3. The van der Waals surface area contributed by atoms with Gasteiger partial charge in [-0.05, 0) is 31.5 Å². The Bertz CT molecular complexity index is 434. The van der Waals surface area contributed by atoms with E-state index in [0.717, 1.165) is 22.3 Å². The van der Waals surface area contributed by atoms with Gasteiger partial charge < -0.3 is 16.0 Å². The summed E-state index contributed by atoms with van der Waals surface area (Å²) in [6, 6.07) is 6.00. The summed E-state index contributed by atoms with van der Waals surface area (Å²) in [5.41, 5.74) is 7.67. The van der Waals surface area contributed by atoms with Crippen LogP contribution in [-0.2, 0) is 4.79 Å². The molecule has 0 radical (unpaired) electrons. The van der Waals surface area contributed by atoms with E-state index in [1.54, 1.807) is 4.90 Å². The second kappa shape index (κ2) is 5.06. The van der Waals surface area contributed by atoms with Crippen molar-refractivity contribution < 1.29 is 4.79 Å². The quantitative estimate of drug-likeness (QED) is 0.896. The van der Waals surface area contributed by atoms with Crippen molar-refractivity contribution in [1.82, 2.24) is 0 Å². The molecular weight excluding hydrogens is 282 g/mol. The lowest BCUT2D eigenvalue weighted by atomic mass is 10.1. The molecule has 0 bridgehead atoms. The van der Waals surface area contributed by atoms with Crippen LogP contribution in [0.5, 0.6) is 0 Å². The van der Waals surface area contributed by atoms with Crippen molar-refractivity contribution in [2.24, 2.45) is 5.73 Å². The zero-order valence-electron chi connectivity index (χ0n) is 9.74. The molecule has 0 saturated carbocycles. The Balaban J connectivity index is 2.26. The molecule has 0 saturated heterocycles. The maximum absolute atomic E-state index is 11.9. The van der Waals surface area contributed by atoms with Gasteiger partial charge in [0.25, 0.3) is 0 Å². The summed E-state index contributed by atoms with van der Waals surface area (Å²) in [6.45, 7) is 2.98. The number of carbonyl (C=O) groups is 1. The number of benzene rings is 1. The molecule has 1 amide bonds. The van der Waals surface area contributed by atoms with E-state index in [4.69, 9.17) is 5.73 Å². The number of nitrogens with one attached hydrogen (secondary N) is 1. The van der Waals surface area contributed by atoms with Crippen molar-refractivity contribution in [2.45, 2.75) is 19.4 Å². The van der Waals surface area contributed by atoms with Crippen LogP contribution in [0.3, 0.4) is 0 Å². The number of nitrogens with two attached hydrogens (primary N) is 1. The lowest BCUT2D eigenvalue weighted by Crippen LogP contribution is -2.41. The van der Waals surface area contributed by atoms with Gasteiger partial charge in [0.15, 0.2) is 0 Å². The highest BCUT2D eigenvalue weighted by molar-refractivity contribution is 9.10. The monoisotopic (exact) mass is 297 g/mol. The first-order chi connectivity index (χ1) is 8.08. The summed E-state index contributed by atoms with van der Waals surface area (Å²) in [7, 11) is 0. The Morgan fingerprint density at radius 1 is 1.59 bits per heavy atom. The van der Waals surface area contributed by atoms with Gasteiger partial charge in [-0.2, -0.15) is 0 Å². The molecule has 1 aliphatic rings. The Hall–Kier alpha value is -1.07. The minimum Gasteiger partial charge on any atom is -0.374 e. The molecule has 1 heterocycles. The Labute approximate surface area is 109 Å². The van der Waals surface area contributed by atoms with E-state index in [1.165, 1.54) is 0 Å². The average molecular weight is 298 g/mol. The van der Waals surface area contributed by atoms with Crippen LogP contribution in [0.25, 0.3) is 0 Å². The molecule has 1 atom stereocenters. The molecule has 0 aliphatic carbocycles. The van der Waals surface area contributed by atoms with Gasteiger partial charge in [-0.15, -0.1) is 0 Å². The van der Waals surface area contributed by atoms with Crippen LogP contribution in [0.15, 0.2) is 22.7 Å². The third kappa shape index (κ3) is 2.79. The van der Waals surface area contributed by atoms with E-state index >= 15 is 0 Å². The molecule has 4 nitrogen and oxygen atoms in total. The number of amides is 1. The number of hydrogen-bond donors (Lipinski definition) is 2. The van der Waals surface area contributed by atoms with Gasteiger partial charge in [0.2, 0.25) is 5.91 Å². The first-order valence-corrected chi connectivity index (χ1v) is 6.46. The molecule has 0 fully saturated rings. The second-order valence-corrected chi connectivity index (χ2v) is 5.24. The van der Waals surface area contributed by atoms with Crippen LogP contribution >= 0.6 is 15.9 Å². The minimum absolute atomic E-state index is 0.0938. The number of anilines is 2. The van der Waals surface area contributed by atoms with Gasteiger partial charge in [0, 0.05) is 17.1 Å². The smallest absolute Gasteiger partial charge is 0.246 e. The number of rotatable bonds is 3. The molecule has 1 unspecified atom stereocenters. The first kappa shape index (κ1) is 12.4. The zero-order valence-corrected chi connectivity index (χ0v) is 11.3. The molecule has 5 heteroatoms. The predicted octanol–water partition coefficient (Wildman–Crippen LogP) is 1.94. The third-order valence-electron chi connectivity index (χ3n) is 2.79. The van der Waals surface area contributed by atoms with Crippen molar-refractivity contribution >= 4 is 33.2 Å². The molecule has 1 aromatic rings.